The van der Waals surface area contributed by atoms with E-state index in [0.29, 0.717) is 17.1 Å². The van der Waals surface area contributed by atoms with Crippen molar-refractivity contribution in [2.45, 2.75) is 6.92 Å². The fourth-order valence-electron chi connectivity index (χ4n) is 1.20. The number of hydrazone groups is 1. The Kier molecular flexibility index (Phi) is 2.86. The molecule has 5 nitrogen and oxygen atoms in total. The molecule has 5 heteroatoms. The molecule has 0 bridgehead atoms. The Morgan fingerprint density at radius 3 is 2.88 bits per heavy atom. The van der Waals surface area contributed by atoms with Crippen molar-refractivity contribution in [3.8, 4) is 0 Å². The van der Waals surface area contributed by atoms with E-state index in [2.05, 4.69) is 10.5 Å². The molecule has 1 N–H and O–H groups in total. The molecule has 2 rings (SSSR count). The van der Waals surface area contributed by atoms with Crippen LogP contribution in [0.25, 0.3) is 0 Å². The SMILES string of the molecule is Cc1occc1C(=O)N/N=C\c1ccco1. The van der Waals surface area contributed by atoms with Crippen LogP contribution in [0.2, 0.25) is 0 Å². The first kappa shape index (κ1) is 10.2. The van der Waals surface area contributed by atoms with Crippen molar-refractivity contribution >= 4 is 12.1 Å². The largest absolute Gasteiger partial charge is 0.469 e. The minimum absolute atomic E-state index is 0.311. The maximum Gasteiger partial charge on any atom is 0.274 e. The van der Waals surface area contributed by atoms with Gasteiger partial charge in [0.2, 0.25) is 0 Å². The van der Waals surface area contributed by atoms with Crippen LogP contribution in [-0.2, 0) is 0 Å². The average molecular weight is 218 g/mol. The Bertz CT molecular complexity index is 497. The van der Waals surface area contributed by atoms with Crippen LogP contribution in [0.15, 0.2) is 44.7 Å². The number of carbonyl (C=O) groups excluding carboxylic acids is 1. The van der Waals surface area contributed by atoms with Crippen LogP contribution in [0.3, 0.4) is 0 Å². The third kappa shape index (κ3) is 2.20. The van der Waals surface area contributed by atoms with Crippen molar-refractivity contribution in [1.82, 2.24) is 5.43 Å². The first-order chi connectivity index (χ1) is 7.77. The molecule has 0 aliphatic rings. The topological polar surface area (TPSA) is 67.7 Å². The summed E-state index contributed by atoms with van der Waals surface area (Å²) in [4.78, 5) is 11.5. The molecule has 0 aromatic carbocycles. The molecule has 0 radical (unpaired) electrons. The minimum atomic E-state index is -0.311. The zero-order chi connectivity index (χ0) is 11.4. The van der Waals surface area contributed by atoms with Gasteiger partial charge in [-0.05, 0) is 25.1 Å². The van der Waals surface area contributed by atoms with Crippen LogP contribution in [0.4, 0.5) is 0 Å². The highest BCUT2D eigenvalue weighted by Crippen LogP contribution is 2.07. The Morgan fingerprint density at radius 1 is 1.38 bits per heavy atom. The van der Waals surface area contributed by atoms with Gasteiger partial charge >= 0.3 is 0 Å². The molecule has 0 saturated carbocycles. The monoisotopic (exact) mass is 218 g/mol. The molecule has 1 amide bonds. The van der Waals surface area contributed by atoms with Crippen molar-refractivity contribution in [3.05, 3.63) is 47.8 Å². The third-order valence-corrected chi connectivity index (χ3v) is 2.00. The highest BCUT2D eigenvalue weighted by atomic mass is 16.3. The number of amides is 1. The van der Waals surface area contributed by atoms with Crippen molar-refractivity contribution in [3.63, 3.8) is 0 Å². The van der Waals surface area contributed by atoms with E-state index < -0.39 is 0 Å². The summed E-state index contributed by atoms with van der Waals surface area (Å²) in [6.45, 7) is 1.71. The molecule has 2 heterocycles. The standard InChI is InChI=1S/C11H10N2O3/c1-8-10(4-6-15-8)11(14)13-12-7-9-3-2-5-16-9/h2-7H,1H3,(H,13,14)/b12-7-. The van der Waals surface area contributed by atoms with Crippen LogP contribution in [0.5, 0.6) is 0 Å². The van der Waals surface area contributed by atoms with E-state index in [4.69, 9.17) is 8.83 Å². The Labute approximate surface area is 91.7 Å². The van der Waals surface area contributed by atoms with Gasteiger partial charge in [-0.2, -0.15) is 5.10 Å². The third-order valence-electron chi connectivity index (χ3n) is 2.00. The number of hydrogen-bond donors (Lipinski definition) is 1. The maximum absolute atomic E-state index is 11.5. The van der Waals surface area contributed by atoms with Gasteiger partial charge in [-0.3, -0.25) is 4.79 Å². The molecular weight excluding hydrogens is 208 g/mol. The van der Waals surface area contributed by atoms with Gasteiger partial charge < -0.3 is 8.83 Å². The molecule has 2 aromatic rings. The minimum Gasteiger partial charge on any atom is -0.469 e. The van der Waals surface area contributed by atoms with Gasteiger partial charge in [0.25, 0.3) is 5.91 Å². The zero-order valence-electron chi connectivity index (χ0n) is 8.64. The van der Waals surface area contributed by atoms with E-state index >= 15 is 0 Å². The highest BCUT2D eigenvalue weighted by molar-refractivity contribution is 5.95. The van der Waals surface area contributed by atoms with E-state index in [1.54, 1.807) is 25.1 Å². The van der Waals surface area contributed by atoms with Crippen molar-refractivity contribution in [2.24, 2.45) is 5.10 Å². The van der Waals surface area contributed by atoms with E-state index in [1.807, 2.05) is 0 Å². The summed E-state index contributed by atoms with van der Waals surface area (Å²) in [7, 11) is 0. The lowest BCUT2D eigenvalue weighted by molar-refractivity contribution is 0.0953. The van der Waals surface area contributed by atoms with Gasteiger partial charge in [0.1, 0.15) is 11.5 Å². The zero-order valence-corrected chi connectivity index (χ0v) is 8.64. The van der Waals surface area contributed by atoms with Crippen LogP contribution < -0.4 is 5.43 Å². The second-order valence-corrected chi connectivity index (χ2v) is 3.11. The lowest BCUT2D eigenvalue weighted by Crippen LogP contribution is -2.17. The summed E-state index contributed by atoms with van der Waals surface area (Å²) < 4.78 is 10.0. The van der Waals surface area contributed by atoms with Crippen molar-refractivity contribution in [2.75, 3.05) is 0 Å². The molecule has 0 fully saturated rings. The maximum atomic E-state index is 11.5. The number of nitrogens with zero attached hydrogens (tertiary/aromatic N) is 1. The summed E-state index contributed by atoms with van der Waals surface area (Å²) in [5.74, 6) is 0.823. The number of rotatable bonds is 3. The summed E-state index contributed by atoms with van der Waals surface area (Å²) in [5, 5.41) is 3.75. The second kappa shape index (κ2) is 4.48. The van der Waals surface area contributed by atoms with Gasteiger partial charge in [-0.1, -0.05) is 0 Å². The van der Waals surface area contributed by atoms with Crippen LogP contribution in [0.1, 0.15) is 21.9 Å². The van der Waals surface area contributed by atoms with E-state index in [-0.39, 0.29) is 5.91 Å². The molecule has 0 saturated heterocycles. The highest BCUT2D eigenvalue weighted by Gasteiger charge is 2.09. The van der Waals surface area contributed by atoms with Gasteiger partial charge in [0.15, 0.2) is 0 Å². The van der Waals surface area contributed by atoms with Gasteiger partial charge in [0, 0.05) is 0 Å². The fraction of sp³-hybridized carbons (Fsp3) is 0.0909. The summed E-state index contributed by atoms with van der Waals surface area (Å²) in [6.07, 6.45) is 4.41. The van der Waals surface area contributed by atoms with E-state index in [0.717, 1.165) is 0 Å². The van der Waals surface area contributed by atoms with Gasteiger partial charge in [0.05, 0.1) is 24.3 Å². The molecule has 0 atom stereocenters. The van der Waals surface area contributed by atoms with Gasteiger partial charge in [-0.25, -0.2) is 5.43 Å². The second-order valence-electron chi connectivity index (χ2n) is 3.11. The Hall–Kier alpha value is -2.30. The fourth-order valence-corrected chi connectivity index (χ4v) is 1.20. The predicted octanol–water partition coefficient (Wildman–Crippen LogP) is 1.94. The predicted molar refractivity (Wildman–Crippen MR) is 57.2 cm³/mol. The smallest absolute Gasteiger partial charge is 0.274 e. The molecule has 0 aliphatic carbocycles. The molecule has 82 valence electrons. The quantitative estimate of drug-likeness (QED) is 0.632. The van der Waals surface area contributed by atoms with Crippen LogP contribution >= 0.6 is 0 Å². The Balaban J connectivity index is 1.97. The average Bonchev–Trinajstić information content (AvgIpc) is 2.88. The molecule has 0 aliphatic heterocycles. The lowest BCUT2D eigenvalue weighted by Gasteiger charge is -1.96. The molecule has 0 unspecified atom stereocenters. The van der Waals surface area contributed by atoms with Crippen molar-refractivity contribution < 1.29 is 13.6 Å². The number of carbonyl (C=O) groups is 1. The molecule has 0 spiro atoms. The number of furan rings is 2. The molecular formula is C11H10N2O3. The van der Waals surface area contributed by atoms with Gasteiger partial charge in [-0.15, -0.1) is 0 Å². The Morgan fingerprint density at radius 2 is 2.25 bits per heavy atom. The number of nitrogens with one attached hydrogen (secondary N) is 1. The first-order valence-corrected chi connectivity index (χ1v) is 4.68. The van der Waals surface area contributed by atoms with Crippen molar-refractivity contribution in [1.29, 1.82) is 0 Å². The van der Waals surface area contributed by atoms with E-state index in [1.165, 1.54) is 18.7 Å². The number of aryl methyl sites for hydroxylation is 1. The van der Waals surface area contributed by atoms with E-state index in [9.17, 15) is 4.79 Å². The molecule has 2 aromatic heterocycles. The van der Waals surface area contributed by atoms with Crippen LogP contribution in [-0.4, -0.2) is 12.1 Å². The summed E-state index contributed by atoms with van der Waals surface area (Å²) in [6, 6.07) is 5.06. The molecule has 16 heavy (non-hydrogen) atoms. The normalized spacial score (nSPS) is 10.8. The van der Waals surface area contributed by atoms with Crippen LogP contribution in [0, 0.1) is 6.92 Å². The first-order valence-electron chi connectivity index (χ1n) is 4.68. The summed E-state index contributed by atoms with van der Waals surface area (Å²) in [5.41, 5.74) is 2.84. The number of hydrogen-bond acceptors (Lipinski definition) is 4. The summed E-state index contributed by atoms with van der Waals surface area (Å²) >= 11 is 0. The lowest BCUT2D eigenvalue weighted by atomic mass is 10.2.